The van der Waals surface area contributed by atoms with Gasteiger partial charge in [-0.1, -0.05) is 0 Å². The number of rotatable bonds is 4. The summed E-state index contributed by atoms with van der Waals surface area (Å²) in [6.45, 7) is 3.80. The SMILES string of the molecule is O=C(CNc1ccc(C(=O)N2CCCC2)cc1)N1CCCCC1. The molecule has 0 spiro atoms. The lowest BCUT2D eigenvalue weighted by Crippen LogP contribution is -2.39. The number of piperidine rings is 1. The second-order valence-electron chi connectivity index (χ2n) is 6.37. The van der Waals surface area contributed by atoms with Gasteiger partial charge in [-0.3, -0.25) is 9.59 Å². The number of nitrogens with one attached hydrogen (secondary N) is 1. The van der Waals surface area contributed by atoms with Crippen LogP contribution in [0.2, 0.25) is 0 Å². The first kappa shape index (κ1) is 15.8. The van der Waals surface area contributed by atoms with Crippen LogP contribution in [0.4, 0.5) is 5.69 Å². The summed E-state index contributed by atoms with van der Waals surface area (Å²) in [5.41, 5.74) is 1.60. The lowest BCUT2D eigenvalue weighted by molar-refractivity contribution is -0.130. The number of carbonyl (C=O) groups excluding carboxylic acids is 2. The van der Waals surface area contributed by atoms with E-state index >= 15 is 0 Å². The van der Waals surface area contributed by atoms with Gasteiger partial charge in [-0.05, 0) is 56.4 Å². The molecular formula is C18H25N3O2. The molecule has 0 unspecified atom stereocenters. The fraction of sp³-hybridized carbons (Fsp3) is 0.556. The molecule has 1 aromatic carbocycles. The van der Waals surface area contributed by atoms with Gasteiger partial charge in [0.2, 0.25) is 5.91 Å². The zero-order valence-electron chi connectivity index (χ0n) is 13.6. The van der Waals surface area contributed by atoms with Crippen LogP contribution < -0.4 is 5.32 Å². The molecule has 0 aliphatic carbocycles. The van der Waals surface area contributed by atoms with Crippen molar-refractivity contribution in [3.63, 3.8) is 0 Å². The summed E-state index contributed by atoms with van der Waals surface area (Å²) in [4.78, 5) is 28.2. The summed E-state index contributed by atoms with van der Waals surface area (Å²) in [6, 6.07) is 7.45. The number of anilines is 1. The van der Waals surface area contributed by atoms with Crippen molar-refractivity contribution in [2.75, 3.05) is 38.0 Å². The molecule has 1 aromatic rings. The largest absolute Gasteiger partial charge is 0.376 e. The smallest absolute Gasteiger partial charge is 0.253 e. The molecule has 3 rings (SSSR count). The van der Waals surface area contributed by atoms with Crippen molar-refractivity contribution in [3.05, 3.63) is 29.8 Å². The zero-order valence-corrected chi connectivity index (χ0v) is 13.6. The molecule has 0 saturated carbocycles. The van der Waals surface area contributed by atoms with Gasteiger partial charge in [-0.25, -0.2) is 0 Å². The van der Waals surface area contributed by atoms with Gasteiger partial charge in [0.15, 0.2) is 0 Å². The molecule has 0 atom stereocenters. The highest BCUT2D eigenvalue weighted by atomic mass is 16.2. The first-order chi connectivity index (χ1) is 11.2. The maximum absolute atomic E-state index is 12.3. The van der Waals surface area contributed by atoms with E-state index in [1.165, 1.54) is 6.42 Å². The van der Waals surface area contributed by atoms with Crippen molar-refractivity contribution < 1.29 is 9.59 Å². The van der Waals surface area contributed by atoms with Crippen LogP contribution >= 0.6 is 0 Å². The van der Waals surface area contributed by atoms with E-state index in [0.717, 1.165) is 63.1 Å². The van der Waals surface area contributed by atoms with Crippen molar-refractivity contribution in [2.45, 2.75) is 32.1 Å². The second-order valence-corrected chi connectivity index (χ2v) is 6.37. The van der Waals surface area contributed by atoms with Crippen LogP contribution in [0.3, 0.4) is 0 Å². The third-order valence-electron chi connectivity index (χ3n) is 4.68. The van der Waals surface area contributed by atoms with E-state index in [0.29, 0.717) is 6.54 Å². The Morgan fingerprint density at radius 3 is 2.04 bits per heavy atom. The highest BCUT2D eigenvalue weighted by Crippen LogP contribution is 2.15. The Morgan fingerprint density at radius 1 is 0.826 bits per heavy atom. The summed E-state index contributed by atoms with van der Waals surface area (Å²) >= 11 is 0. The molecule has 0 bridgehead atoms. The highest BCUT2D eigenvalue weighted by Gasteiger charge is 2.19. The van der Waals surface area contributed by atoms with Crippen molar-refractivity contribution in [2.24, 2.45) is 0 Å². The van der Waals surface area contributed by atoms with Crippen LogP contribution in [0.15, 0.2) is 24.3 Å². The third-order valence-corrected chi connectivity index (χ3v) is 4.68. The van der Waals surface area contributed by atoms with Gasteiger partial charge in [0.1, 0.15) is 0 Å². The average Bonchev–Trinajstić information content (AvgIpc) is 3.15. The van der Waals surface area contributed by atoms with Crippen molar-refractivity contribution in [1.29, 1.82) is 0 Å². The highest BCUT2D eigenvalue weighted by molar-refractivity contribution is 5.94. The van der Waals surface area contributed by atoms with E-state index in [1.54, 1.807) is 0 Å². The van der Waals surface area contributed by atoms with Gasteiger partial charge in [-0.15, -0.1) is 0 Å². The standard InChI is InChI=1S/C18H25N3O2/c22-17(20-10-2-1-3-11-20)14-19-16-8-6-15(7-9-16)18(23)21-12-4-5-13-21/h6-9,19H,1-5,10-14H2. The van der Waals surface area contributed by atoms with Crippen molar-refractivity contribution in [3.8, 4) is 0 Å². The number of benzene rings is 1. The Bertz CT molecular complexity index is 544. The molecule has 1 N–H and O–H groups in total. The van der Waals surface area contributed by atoms with E-state index in [2.05, 4.69) is 5.32 Å². The molecule has 0 radical (unpaired) electrons. The minimum Gasteiger partial charge on any atom is -0.376 e. The number of hydrogen-bond donors (Lipinski definition) is 1. The van der Waals surface area contributed by atoms with E-state index in [1.807, 2.05) is 34.1 Å². The lowest BCUT2D eigenvalue weighted by atomic mass is 10.1. The van der Waals surface area contributed by atoms with Crippen molar-refractivity contribution in [1.82, 2.24) is 9.80 Å². The summed E-state index contributed by atoms with van der Waals surface area (Å²) in [5.74, 6) is 0.264. The van der Waals surface area contributed by atoms with Gasteiger partial charge >= 0.3 is 0 Å². The molecule has 2 aliphatic heterocycles. The van der Waals surface area contributed by atoms with E-state index < -0.39 is 0 Å². The van der Waals surface area contributed by atoms with Gasteiger partial charge in [0.05, 0.1) is 6.54 Å². The molecule has 2 fully saturated rings. The number of hydrogen-bond acceptors (Lipinski definition) is 3. The Balaban J connectivity index is 1.51. The fourth-order valence-corrected chi connectivity index (χ4v) is 3.27. The minimum atomic E-state index is 0.110. The van der Waals surface area contributed by atoms with Gasteiger partial charge in [0, 0.05) is 37.4 Å². The number of carbonyl (C=O) groups is 2. The Labute approximate surface area is 137 Å². The zero-order chi connectivity index (χ0) is 16.1. The normalized spacial score (nSPS) is 18.1. The van der Waals surface area contributed by atoms with Crippen LogP contribution in [0.1, 0.15) is 42.5 Å². The van der Waals surface area contributed by atoms with Crippen LogP contribution in [0, 0.1) is 0 Å². The monoisotopic (exact) mass is 315 g/mol. The predicted octanol–water partition coefficient (Wildman–Crippen LogP) is 2.35. The molecule has 5 heteroatoms. The van der Waals surface area contributed by atoms with Crippen LogP contribution in [0.5, 0.6) is 0 Å². The molecule has 2 heterocycles. The molecule has 0 aromatic heterocycles. The van der Waals surface area contributed by atoms with Crippen LogP contribution in [0.25, 0.3) is 0 Å². The van der Waals surface area contributed by atoms with Crippen LogP contribution in [-0.2, 0) is 4.79 Å². The third kappa shape index (κ3) is 4.03. The Kier molecular flexibility index (Phi) is 5.16. The number of nitrogens with zero attached hydrogens (tertiary/aromatic N) is 2. The molecule has 2 amide bonds. The molecule has 2 saturated heterocycles. The first-order valence-corrected chi connectivity index (χ1v) is 8.65. The molecule has 5 nitrogen and oxygen atoms in total. The Hall–Kier alpha value is -2.04. The molecule has 124 valence electrons. The Morgan fingerprint density at radius 2 is 1.39 bits per heavy atom. The van der Waals surface area contributed by atoms with Crippen molar-refractivity contribution >= 4 is 17.5 Å². The quantitative estimate of drug-likeness (QED) is 0.928. The maximum Gasteiger partial charge on any atom is 0.253 e. The van der Waals surface area contributed by atoms with E-state index in [9.17, 15) is 9.59 Å². The van der Waals surface area contributed by atoms with Gasteiger partial charge < -0.3 is 15.1 Å². The molecule has 2 aliphatic rings. The van der Waals surface area contributed by atoms with Crippen LogP contribution in [-0.4, -0.2) is 54.3 Å². The predicted molar refractivity (Wildman–Crippen MR) is 90.5 cm³/mol. The molecular weight excluding hydrogens is 290 g/mol. The maximum atomic E-state index is 12.3. The summed E-state index contributed by atoms with van der Waals surface area (Å²) < 4.78 is 0. The summed E-state index contributed by atoms with van der Waals surface area (Å²) in [7, 11) is 0. The topological polar surface area (TPSA) is 52.7 Å². The van der Waals surface area contributed by atoms with E-state index in [4.69, 9.17) is 0 Å². The summed E-state index contributed by atoms with van der Waals surface area (Å²) in [6.07, 6.45) is 5.65. The number of amides is 2. The second kappa shape index (κ2) is 7.49. The minimum absolute atomic E-state index is 0.110. The number of likely N-dealkylation sites (tertiary alicyclic amines) is 2. The van der Waals surface area contributed by atoms with Gasteiger partial charge in [-0.2, -0.15) is 0 Å². The fourth-order valence-electron chi connectivity index (χ4n) is 3.27. The lowest BCUT2D eigenvalue weighted by Gasteiger charge is -2.26. The van der Waals surface area contributed by atoms with Gasteiger partial charge in [0.25, 0.3) is 5.91 Å². The average molecular weight is 315 g/mol. The van der Waals surface area contributed by atoms with E-state index in [-0.39, 0.29) is 11.8 Å². The summed E-state index contributed by atoms with van der Waals surface area (Å²) in [5, 5.41) is 3.16. The molecule has 23 heavy (non-hydrogen) atoms. The first-order valence-electron chi connectivity index (χ1n) is 8.65.